The van der Waals surface area contributed by atoms with E-state index in [9.17, 15) is 86.1 Å². The van der Waals surface area contributed by atoms with Crippen LogP contribution in [0.25, 0.3) is 0 Å². The Hall–Kier alpha value is 8.74. The normalized spacial score (nSPS) is 12.2. The molecule has 0 aliphatic heterocycles. The van der Waals surface area contributed by atoms with Gasteiger partial charge in [0.05, 0.1) is 0 Å². The Balaban J connectivity index is -0.000000272. The van der Waals surface area contributed by atoms with Gasteiger partial charge in [0.15, 0.2) is 0 Å². The van der Waals surface area contributed by atoms with E-state index < -0.39 is 123 Å². The molecule has 0 spiro atoms. The molecule has 0 aromatic heterocycles. The van der Waals surface area contributed by atoms with Crippen molar-refractivity contribution in [2.75, 3.05) is 77.0 Å². The third-order valence-electron chi connectivity index (χ3n) is 4.44. The van der Waals surface area contributed by atoms with Crippen LogP contribution >= 0.6 is 45.6 Å². The minimum absolute atomic E-state index is 0. The average Bonchev–Trinajstić information content (AvgIpc) is 2.60. The Bertz CT molecular complexity index is 972. The summed E-state index contributed by atoms with van der Waals surface area (Å²) in [4.78, 5) is 135. The van der Waals surface area contributed by atoms with Crippen LogP contribution in [0.1, 0.15) is 0 Å². The van der Waals surface area contributed by atoms with Gasteiger partial charge in [-0.05, 0) is 0 Å². The van der Waals surface area contributed by atoms with Gasteiger partial charge >= 0.3 is 236 Å². The molecule has 0 atom stereocenters. The predicted molar refractivity (Wildman–Crippen MR) is 111 cm³/mol. The van der Waals surface area contributed by atoms with E-state index in [-0.39, 0.29) is 236 Å². The summed E-state index contributed by atoms with van der Waals surface area (Å²) in [5.41, 5.74) is 0. The number of hydrogen-bond donors (Lipinski definition) is 0. The second-order valence-electron chi connectivity index (χ2n) is 8.54. The molecular weight excluding hydrogens is 858 g/mol. The standard InChI is InChI=1S/C12H36N4O18P6.8Na/c17-35(18,19)7-13(3-5-15(9-37(23,24)25)10-38(26,27)28)1-2-14(8-36(20,21)22)4-6-16(11-39(29,30)31)12-40(32,33)34;;;;;;;;/h1-12H2,(H2,17,18,19)(H2,20,21,22)(H2,23,24,25)(H2,26,27,28)(H2,29,30,31)(H2,32,33,34);;;;;;;;/q;8*+1/p-12. The predicted octanol–water partition coefficient (Wildman–Crippen LogP) is -34.5. The van der Waals surface area contributed by atoms with Gasteiger partial charge in [-0.2, -0.15) is 0 Å². The molecule has 0 aliphatic carbocycles. The zero-order valence-electron chi connectivity index (χ0n) is 28.3. The Morgan fingerprint density at radius 3 is 0.479 bits per heavy atom. The molecule has 36 heteroatoms. The maximum absolute atomic E-state index is 11.3. The summed E-state index contributed by atoms with van der Waals surface area (Å²) in [7, 11) is -32.5. The second-order valence-corrected chi connectivity index (χ2v) is 17.6. The van der Waals surface area contributed by atoms with E-state index in [1.165, 1.54) is 0 Å². The van der Waals surface area contributed by atoms with Crippen LogP contribution in [-0.4, -0.2) is 96.6 Å². The molecule has 22 nitrogen and oxygen atoms in total. The van der Waals surface area contributed by atoms with Crippen molar-refractivity contribution in [3.63, 3.8) is 0 Å². The fourth-order valence-corrected chi connectivity index (χ4v) is 7.98. The molecule has 0 aromatic rings. The Morgan fingerprint density at radius 1 is 0.250 bits per heavy atom. The van der Waals surface area contributed by atoms with E-state index >= 15 is 0 Å². The molecule has 242 valence electrons. The van der Waals surface area contributed by atoms with Crippen LogP contribution in [0.15, 0.2) is 0 Å². The zero-order valence-corrected chi connectivity index (χ0v) is 49.7. The molecule has 0 heterocycles. The fourth-order valence-electron chi connectivity index (χ4n) is 3.20. The van der Waals surface area contributed by atoms with E-state index in [0.717, 1.165) is 0 Å². The van der Waals surface area contributed by atoms with Gasteiger partial charge in [0, 0.05) is 77.0 Å². The first kappa shape index (κ1) is 77.3. The van der Waals surface area contributed by atoms with Gasteiger partial charge in [0.25, 0.3) is 0 Å². The summed E-state index contributed by atoms with van der Waals surface area (Å²) in [6.07, 6.45) is -8.51. The van der Waals surface area contributed by atoms with Gasteiger partial charge in [0.1, 0.15) is 0 Å². The molecule has 0 saturated carbocycles. The SMILES string of the molecule is O=P([O-])([O-])CN(CCN(CCN(CP(=O)([O-])[O-])CP(=O)([O-])[O-])CP(=O)([O-])[O-])CCN(CP(=O)([O-])[O-])CP(=O)([O-])[O-].[Na+].[Na+].[Na+].[Na+].[Na+].[Na+].[Na+].[Na+]. The van der Waals surface area contributed by atoms with E-state index in [2.05, 4.69) is 0 Å². The summed E-state index contributed by atoms with van der Waals surface area (Å²) < 4.78 is 66.7. The van der Waals surface area contributed by atoms with Crippen molar-refractivity contribution in [3.8, 4) is 0 Å². The summed E-state index contributed by atoms with van der Waals surface area (Å²) in [5.74, 6) is 0. The maximum Gasteiger partial charge on any atom is 1.00 e. The summed E-state index contributed by atoms with van der Waals surface area (Å²) in [6.45, 7) is -4.20. The Morgan fingerprint density at radius 2 is 0.354 bits per heavy atom. The van der Waals surface area contributed by atoms with Gasteiger partial charge in [-0.25, -0.2) is 0 Å². The van der Waals surface area contributed by atoms with Crippen LogP contribution in [0.5, 0.6) is 0 Å². The zero-order chi connectivity index (χ0) is 31.8. The van der Waals surface area contributed by atoms with Crippen molar-refractivity contribution in [2.45, 2.75) is 0 Å². The molecule has 0 bridgehead atoms. The van der Waals surface area contributed by atoms with Crippen LogP contribution in [0.2, 0.25) is 0 Å². The largest absolute Gasteiger partial charge is 1.00 e. The number of hydrogen-bond acceptors (Lipinski definition) is 22. The minimum atomic E-state index is -5.42. The summed E-state index contributed by atoms with van der Waals surface area (Å²) in [6, 6.07) is 0. The van der Waals surface area contributed by atoms with Crippen molar-refractivity contribution in [3.05, 3.63) is 0 Å². The molecule has 0 radical (unpaired) electrons. The topological polar surface area (TPSA) is 392 Å². The van der Waals surface area contributed by atoms with E-state index in [1.807, 2.05) is 0 Å². The van der Waals surface area contributed by atoms with Crippen LogP contribution in [0.4, 0.5) is 0 Å². The average molecular weight is 882 g/mol. The molecular formula is C12H24N4Na8O18P6-4. The third-order valence-corrected chi connectivity index (χ3v) is 8.92. The minimum Gasteiger partial charge on any atom is -0.810 e. The smallest absolute Gasteiger partial charge is 0.810 e. The summed E-state index contributed by atoms with van der Waals surface area (Å²) >= 11 is 0. The third kappa shape index (κ3) is 54.7. The summed E-state index contributed by atoms with van der Waals surface area (Å²) in [5, 5.41) is 0. The van der Waals surface area contributed by atoms with Gasteiger partial charge in [0.2, 0.25) is 0 Å². The molecule has 0 rings (SSSR count). The van der Waals surface area contributed by atoms with E-state index in [4.69, 9.17) is 0 Å². The van der Waals surface area contributed by atoms with E-state index in [1.54, 1.807) is 0 Å². The fraction of sp³-hybridized carbons (Fsp3) is 1.00. The first-order valence-electron chi connectivity index (χ1n) is 10.5. The monoisotopic (exact) mass is 882 g/mol. The molecule has 0 amide bonds. The molecule has 0 fully saturated rings. The van der Waals surface area contributed by atoms with Crippen LogP contribution < -0.4 is 295 Å². The number of nitrogens with zero attached hydrogens (tertiary/aromatic N) is 4. The van der Waals surface area contributed by atoms with Gasteiger partial charge in [-0.3, -0.25) is 19.6 Å². The quantitative estimate of drug-likeness (QED) is 0.0763. The first-order chi connectivity index (χ1) is 17.5. The molecule has 0 aliphatic rings. The van der Waals surface area contributed by atoms with Crippen molar-refractivity contribution in [2.24, 2.45) is 0 Å². The van der Waals surface area contributed by atoms with Crippen molar-refractivity contribution < 1.29 is 323 Å². The molecule has 48 heavy (non-hydrogen) atoms. The van der Waals surface area contributed by atoms with Crippen molar-refractivity contribution >= 4 is 45.6 Å². The van der Waals surface area contributed by atoms with Gasteiger partial charge < -0.3 is 86.1 Å². The maximum atomic E-state index is 11.3. The Labute approximate surface area is 455 Å². The van der Waals surface area contributed by atoms with Gasteiger partial charge in [-0.15, -0.1) is 0 Å². The Kier molecular flexibility index (Phi) is 57.0. The van der Waals surface area contributed by atoms with Crippen LogP contribution in [0, 0.1) is 0 Å². The van der Waals surface area contributed by atoms with Crippen molar-refractivity contribution in [1.29, 1.82) is 0 Å². The van der Waals surface area contributed by atoms with E-state index in [0.29, 0.717) is 19.6 Å². The van der Waals surface area contributed by atoms with Crippen LogP contribution in [-0.2, 0) is 27.4 Å². The molecule has 0 saturated heterocycles. The number of rotatable bonds is 21. The van der Waals surface area contributed by atoms with Crippen molar-refractivity contribution in [1.82, 2.24) is 19.6 Å². The molecule has 0 aromatic carbocycles. The second kappa shape index (κ2) is 35.3. The van der Waals surface area contributed by atoms with Gasteiger partial charge in [-0.1, -0.05) is 45.6 Å². The molecule has 0 unspecified atom stereocenters. The first-order valence-corrected chi connectivity index (χ1v) is 20.8. The molecule has 0 N–H and O–H groups in total. The van der Waals surface area contributed by atoms with Crippen LogP contribution in [0.3, 0.4) is 0 Å².